The average molecular weight is 351 g/mol. The van der Waals surface area contributed by atoms with Gasteiger partial charge in [-0.05, 0) is 71.1 Å². The van der Waals surface area contributed by atoms with Crippen molar-refractivity contribution in [3.05, 3.63) is 28.8 Å². The molecular formula is C19H27ClN2O2. The van der Waals surface area contributed by atoms with Crippen molar-refractivity contribution in [1.29, 1.82) is 0 Å². The highest BCUT2D eigenvalue weighted by atomic mass is 35.5. The normalized spacial score (nSPS) is 26.4. The molecule has 0 spiro atoms. The lowest BCUT2D eigenvalue weighted by molar-refractivity contribution is 0.00684. The van der Waals surface area contributed by atoms with Gasteiger partial charge >= 0.3 is 6.09 Å². The van der Waals surface area contributed by atoms with E-state index in [1.165, 1.54) is 0 Å². The SMILES string of the molecule is Cc1ccc(NC2CC3CCC(C2)N3C(=O)OC(C)(C)C)c(Cl)c1. The summed E-state index contributed by atoms with van der Waals surface area (Å²) in [5.74, 6) is 0. The zero-order valence-corrected chi connectivity index (χ0v) is 15.7. The van der Waals surface area contributed by atoms with Crippen molar-refractivity contribution in [2.24, 2.45) is 0 Å². The number of halogens is 1. The van der Waals surface area contributed by atoms with E-state index in [9.17, 15) is 4.79 Å². The van der Waals surface area contributed by atoms with Gasteiger partial charge in [-0.3, -0.25) is 0 Å². The fraction of sp³-hybridized carbons (Fsp3) is 0.632. The van der Waals surface area contributed by atoms with Crippen LogP contribution in [0.5, 0.6) is 0 Å². The maximum Gasteiger partial charge on any atom is 0.410 e. The zero-order valence-electron chi connectivity index (χ0n) is 14.9. The van der Waals surface area contributed by atoms with Crippen LogP contribution in [0.1, 0.15) is 52.0 Å². The highest BCUT2D eigenvalue weighted by molar-refractivity contribution is 6.33. The molecule has 2 unspecified atom stereocenters. The van der Waals surface area contributed by atoms with Crippen LogP contribution in [-0.4, -0.2) is 34.7 Å². The second-order valence-corrected chi connectivity index (χ2v) is 8.48. The van der Waals surface area contributed by atoms with Crippen molar-refractivity contribution in [1.82, 2.24) is 4.90 Å². The molecule has 4 nitrogen and oxygen atoms in total. The van der Waals surface area contributed by atoms with Gasteiger partial charge in [0.1, 0.15) is 5.60 Å². The lowest BCUT2D eigenvalue weighted by Gasteiger charge is -2.40. The molecule has 5 heteroatoms. The van der Waals surface area contributed by atoms with E-state index in [2.05, 4.69) is 11.4 Å². The number of anilines is 1. The monoisotopic (exact) mass is 350 g/mol. The zero-order chi connectivity index (χ0) is 17.5. The number of hydrogen-bond donors (Lipinski definition) is 1. The number of aryl methyl sites for hydroxylation is 1. The van der Waals surface area contributed by atoms with Crippen molar-refractivity contribution in [2.45, 2.75) is 77.1 Å². The van der Waals surface area contributed by atoms with Crippen LogP contribution in [0.3, 0.4) is 0 Å². The minimum absolute atomic E-state index is 0.165. The molecule has 132 valence electrons. The molecule has 2 atom stereocenters. The Morgan fingerprint density at radius 2 is 1.88 bits per heavy atom. The van der Waals surface area contributed by atoms with Gasteiger partial charge in [-0.1, -0.05) is 17.7 Å². The number of piperidine rings is 1. The van der Waals surface area contributed by atoms with Crippen molar-refractivity contribution in [2.75, 3.05) is 5.32 Å². The van der Waals surface area contributed by atoms with Gasteiger partial charge in [-0.15, -0.1) is 0 Å². The molecule has 2 saturated heterocycles. The summed E-state index contributed by atoms with van der Waals surface area (Å²) in [6.45, 7) is 7.79. The van der Waals surface area contributed by atoms with Crippen LogP contribution in [0.4, 0.5) is 10.5 Å². The van der Waals surface area contributed by atoms with Crippen LogP contribution < -0.4 is 5.32 Å². The molecule has 2 bridgehead atoms. The number of fused-ring (bicyclic) bond motifs is 2. The molecule has 0 radical (unpaired) electrons. The number of benzene rings is 1. The van der Waals surface area contributed by atoms with E-state index in [-0.39, 0.29) is 18.2 Å². The molecule has 1 amide bonds. The summed E-state index contributed by atoms with van der Waals surface area (Å²) in [5.41, 5.74) is 1.70. The average Bonchev–Trinajstić information content (AvgIpc) is 2.72. The number of carbonyl (C=O) groups is 1. The third-order valence-electron chi connectivity index (χ3n) is 4.82. The van der Waals surface area contributed by atoms with Gasteiger partial charge in [0.15, 0.2) is 0 Å². The summed E-state index contributed by atoms with van der Waals surface area (Å²) in [7, 11) is 0. The molecule has 24 heavy (non-hydrogen) atoms. The number of rotatable bonds is 2. The summed E-state index contributed by atoms with van der Waals surface area (Å²) >= 11 is 6.34. The fourth-order valence-corrected chi connectivity index (χ4v) is 4.15. The number of amides is 1. The fourth-order valence-electron chi connectivity index (χ4n) is 3.86. The first-order chi connectivity index (χ1) is 11.2. The number of nitrogens with one attached hydrogen (secondary N) is 1. The van der Waals surface area contributed by atoms with E-state index < -0.39 is 5.60 Å². The lowest BCUT2D eigenvalue weighted by Crippen LogP contribution is -2.51. The van der Waals surface area contributed by atoms with Crippen LogP contribution >= 0.6 is 11.6 Å². The number of nitrogens with zero attached hydrogens (tertiary/aromatic N) is 1. The first-order valence-electron chi connectivity index (χ1n) is 8.77. The Labute approximate surface area is 149 Å². The van der Waals surface area contributed by atoms with Gasteiger partial charge < -0.3 is 15.0 Å². The lowest BCUT2D eigenvalue weighted by atomic mass is 9.97. The van der Waals surface area contributed by atoms with E-state index in [0.29, 0.717) is 6.04 Å². The quantitative estimate of drug-likeness (QED) is 0.816. The van der Waals surface area contributed by atoms with E-state index in [4.69, 9.17) is 16.3 Å². The van der Waals surface area contributed by atoms with Crippen LogP contribution in [0.15, 0.2) is 18.2 Å². The van der Waals surface area contributed by atoms with Crippen LogP contribution in [0, 0.1) is 6.92 Å². The predicted octanol–water partition coefficient (Wildman–Crippen LogP) is 4.99. The minimum atomic E-state index is -0.443. The molecule has 2 fully saturated rings. The third-order valence-corrected chi connectivity index (χ3v) is 5.13. The summed E-state index contributed by atoms with van der Waals surface area (Å²) in [5, 5.41) is 4.34. The molecule has 0 saturated carbocycles. The molecule has 2 aliphatic heterocycles. The molecule has 1 aromatic carbocycles. The third kappa shape index (κ3) is 3.80. The molecule has 1 aromatic rings. The molecular weight excluding hydrogens is 324 g/mol. The van der Waals surface area contributed by atoms with Crippen molar-refractivity contribution in [3.8, 4) is 0 Å². The molecule has 2 aliphatic rings. The van der Waals surface area contributed by atoms with E-state index in [0.717, 1.165) is 42.0 Å². The highest BCUT2D eigenvalue weighted by Gasteiger charge is 2.44. The molecule has 3 rings (SSSR count). The Hall–Kier alpha value is -1.42. The highest BCUT2D eigenvalue weighted by Crippen LogP contribution is 2.38. The van der Waals surface area contributed by atoms with Crippen LogP contribution in [0.25, 0.3) is 0 Å². The van der Waals surface area contributed by atoms with Crippen molar-refractivity contribution >= 4 is 23.4 Å². The first kappa shape index (κ1) is 17.4. The summed E-state index contributed by atoms with van der Waals surface area (Å²) < 4.78 is 5.59. The largest absolute Gasteiger partial charge is 0.444 e. The van der Waals surface area contributed by atoms with Gasteiger partial charge in [0, 0.05) is 18.1 Å². The van der Waals surface area contributed by atoms with Crippen LogP contribution in [0.2, 0.25) is 5.02 Å². The Kier molecular flexibility index (Phi) is 4.69. The summed E-state index contributed by atoms with van der Waals surface area (Å²) in [4.78, 5) is 14.5. The Balaban J connectivity index is 1.66. The topological polar surface area (TPSA) is 41.6 Å². The van der Waals surface area contributed by atoms with Gasteiger partial charge in [0.2, 0.25) is 0 Å². The van der Waals surface area contributed by atoms with Gasteiger partial charge in [0.25, 0.3) is 0 Å². The minimum Gasteiger partial charge on any atom is -0.444 e. The van der Waals surface area contributed by atoms with Crippen molar-refractivity contribution in [3.63, 3.8) is 0 Å². The van der Waals surface area contributed by atoms with E-state index >= 15 is 0 Å². The number of hydrogen-bond acceptors (Lipinski definition) is 3. The predicted molar refractivity (Wildman–Crippen MR) is 97.7 cm³/mol. The number of ether oxygens (including phenoxy) is 1. The Morgan fingerprint density at radius 1 is 1.25 bits per heavy atom. The summed E-state index contributed by atoms with van der Waals surface area (Å²) in [6, 6.07) is 6.97. The van der Waals surface area contributed by atoms with Gasteiger partial charge in [-0.25, -0.2) is 4.79 Å². The molecule has 1 N–H and O–H groups in total. The molecule has 0 aromatic heterocycles. The maximum absolute atomic E-state index is 12.5. The van der Waals surface area contributed by atoms with Crippen LogP contribution in [-0.2, 0) is 4.74 Å². The van der Waals surface area contributed by atoms with Gasteiger partial charge in [0.05, 0.1) is 10.7 Å². The van der Waals surface area contributed by atoms with Crippen molar-refractivity contribution < 1.29 is 9.53 Å². The number of carbonyl (C=O) groups excluding carboxylic acids is 1. The first-order valence-corrected chi connectivity index (χ1v) is 9.15. The Bertz CT molecular complexity index is 612. The van der Waals surface area contributed by atoms with E-state index in [1.807, 2.05) is 44.7 Å². The second kappa shape index (κ2) is 6.47. The Morgan fingerprint density at radius 3 is 2.42 bits per heavy atom. The molecule has 2 heterocycles. The molecule has 0 aliphatic carbocycles. The summed E-state index contributed by atoms with van der Waals surface area (Å²) in [6.07, 6.45) is 3.84. The maximum atomic E-state index is 12.5. The smallest absolute Gasteiger partial charge is 0.410 e. The second-order valence-electron chi connectivity index (χ2n) is 8.07. The van der Waals surface area contributed by atoms with Gasteiger partial charge in [-0.2, -0.15) is 0 Å². The standard InChI is InChI=1S/C19H27ClN2O2/c1-12-5-8-17(16(20)9-12)21-13-10-14-6-7-15(11-13)22(14)18(23)24-19(2,3)4/h5,8-9,13-15,21H,6-7,10-11H2,1-4H3. The van der Waals surface area contributed by atoms with E-state index in [1.54, 1.807) is 0 Å².